The van der Waals surface area contributed by atoms with E-state index in [4.69, 9.17) is 4.43 Å². The molecule has 96 valence electrons. The number of hydrogen-bond acceptors (Lipinski definition) is 3. The molecule has 16 heavy (non-hydrogen) atoms. The normalized spacial score (nSPS) is 19.7. The van der Waals surface area contributed by atoms with Gasteiger partial charge in [-0.3, -0.25) is 0 Å². The number of unbranched alkanes of at least 4 members (excludes halogenated alkanes) is 1. The van der Waals surface area contributed by atoms with Crippen molar-refractivity contribution in [3.63, 3.8) is 0 Å². The Labute approximate surface area is 103 Å². The molecular formula is C12H28N2OSi. The quantitative estimate of drug-likeness (QED) is 0.557. The summed E-state index contributed by atoms with van der Waals surface area (Å²) in [6, 6.07) is 1.34. The first-order valence-electron chi connectivity index (χ1n) is 6.65. The molecule has 0 amide bonds. The molecule has 1 aliphatic heterocycles. The minimum Gasteiger partial charge on any atom is -0.419 e. The van der Waals surface area contributed by atoms with Gasteiger partial charge < -0.3 is 14.6 Å². The van der Waals surface area contributed by atoms with E-state index in [0.29, 0.717) is 0 Å². The first-order valence-corrected chi connectivity index (χ1v) is 8.23. The van der Waals surface area contributed by atoms with Crippen molar-refractivity contribution in [2.75, 3.05) is 32.7 Å². The number of nitrogens with zero attached hydrogens (tertiary/aromatic N) is 1. The van der Waals surface area contributed by atoms with Gasteiger partial charge in [0, 0.05) is 31.8 Å². The monoisotopic (exact) mass is 244 g/mol. The van der Waals surface area contributed by atoms with E-state index in [1.807, 2.05) is 0 Å². The van der Waals surface area contributed by atoms with E-state index < -0.39 is 0 Å². The molecule has 1 N–H and O–H groups in total. The van der Waals surface area contributed by atoms with Crippen LogP contribution in [-0.2, 0) is 4.43 Å². The Hall–Kier alpha value is 0.0969. The standard InChI is InChI=1S/C12H28N2OSi/c1-12(2,3)15-16-11-5-4-8-14-9-6-13-7-10-14/h13H,4-11,16H2,1-3H3. The first kappa shape index (κ1) is 14.2. The van der Waals surface area contributed by atoms with Crippen LogP contribution in [-0.4, -0.2) is 53.0 Å². The molecule has 0 atom stereocenters. The third-order valence-electron chi connectivity index (χ3n) is 2.86. The van der Waals surface area contributed by atoms with Gasteiger partial charge in [-0.1, -0.05) is 6.42 Å². The molecule has 0 aliphatic carbocycles. The van der Waals surface area contributed by atoms with Crippen molar-refractivity contribution in [2.24, 2.45) is 0 Å². The highest BCUT2D eigenvalue weighted by Gasteiger charge is 2.10. The van der Waals surface area contributed by atoms with Gasteiger partial charge in [0.15, 0.2) is 9.76 Å². The number of hydrogen-bond donors (Lipinski definition) is 1. The highest BCUT2D eigenvalue weighted by Crippen LogP contribution is 2.07. The lowest BCUT2D eigenvalue weighted by Crippen LogP contribution is -2.43. The predicted octanol–water partition coefficient (Wildman–Crippen LogP) is 0.989. The summed E-state index contributed by atoms with van der Waals surface area (Å²) in [6.07, 6.45) is 2.70. The molecule has 0 aromatic heterocycles. The zero-order valence-electron chi connectivity index (χ0n) is 11.2. The van der Waals surface area contributed by atoms with Crippen molar-refractivity contribution in [3.05, 3.63) is 0 Å². The summed E-state index contributed by atoms with van der Waals surface area (Å²) >= 11 is 0. The Balaban J connectivity index is 1.87. The molecule has 1 rings (SSSR count). The minimum atomic E-state index is -0.272. The van der Waals surface area contributed by atoms with Gasteiger partial charge in [-0.15, -0.1) is 0 Å². The SMILES string of the molecule is CC(C)(C)O[SiH2]CCCCN1CCNCC1. The highest BCUT2D eigenvalue weighted by molar-refractivity contribution is 6.27. The molecule has 4 heteroatoms. The highest BCUT2D eigenvalue weighted by atomic mass is 28.2. The Morgan fingerprint density at radius 3 is 2.50 bits per heavy atom. The van der Waals surface area contributed by atoms with Crippen LogP contribution in [0.3, 0.4) is 0 Å². The van der Waals surface area contributed by atoms with Crippen molar-refractivity contribution < 1.29 is 4.43 Å². The van der Waals surface area contributed by atoms with E-state index in [2.05, 4.69) is 31.0 Å². The van der Waals surface area contributed by atoms with Gasteiger partial charge in [0.25, 0.3) is 0 Å². The average molecular weight is 244 g/mol. The van der Waals surface area contributed by atoms with Crippen LogP contribution in [0.15, 0.2) is 0 Å². The molecule has 0 aromatic carbocycles. The van der Waals surface area contributed by atoms with Gasteiger partial charge in [-0.05, 0) is 39.8 Å². The molecule has 0 unspecified atom stereocenters. The molecular weight excluding hydrogens is 216 g/mol. The second-order valence-corrected chi connectivity index (χ2v) is 7.02. The van der Waals surface area contributed by atoms with E-state index in [9.17, 15) is 0 Å². The lowest BCUT2D eigenvalue weighted by atomic mass is 10.2. The summed E-state index contributed by atoms with van der Waals surface area (Å²) in [4.78, 5) is 2.57. The third kappa shape index (κ3) is 7.38. The zero-order chi connectivity index (χ0) is 11.9. The lowest BCUT2D eigenvalue weighted by molar-refractivity contribution is 0.137. The van der Waals surface area contributed by atoms with E-state index in [1.54, 1.807) is 0 Å². The van der Waals surface area contributed by atoms with Gasteiger partial charge in [0.05, 0.1) is 0 Å². The summed E-state index contributed by atoms with van der Waals surface area (Å²) in [5.74, 6) is 0. The first-order chi connectivity index (χ1) is 7.58. The zero-order valence-corrected chi connectivity index (χ0v) is 12.6. The minimum absolute atomic E-state index is 0.0881. The van der Waals surface area contributed by atoms with E-state index in [-0.39, 0.29) is 15.4 Å². The summed E-state index contributed by atoms with van der Waals surface area (Å²) in [5, 5.41) is 3.39. The van der Waals surface area contributed by atoms with Gasteiger partial charge in [0.1, 0.15) is 0 Å². The van der Waals surface area contributed by atoms with Crippen molar-refractivity contribution in [3.8, 4) is 0 Å². The van der Waals surface area contributed by atoms with E-state index in [0.717, 1.165) is 0 Å². The average Bonchev–Trinajstić information content (AvgIpc) is 2.23. The van der Waals surface area contributed by atoms with Gasteiger partial charge >= 0.3 is 0 Å². The van der Waals surface area contributed by atoms with Crippen LogP contribution in [0, 0.1) is 0 Å². The molecule has 0 bridgehead atoms. The molecule has 3 nitrogen and oxygen atoms in total. The summed E-state index contributed by atoms with van der Waals surface area (Å²) < 4.78 is 5.84. The molecule has 0 spiro atoms. The van der Waals surface area contributed by atoms with Crippen molar-refractivity contribution in [1.82, 2.24) is 10.2 Å². The van der Waals surface area contributed by atoms with Crippen LogP contribution >= 0.6 is 0 Å². The second-order valence-electron chi connectivity index (χ2n) is 5.61. The smallest absolute Gasteiger partial charge is 0.162 e. The van der Waals surface area contributed by atoms with Crippen LogP contribution in [0.5, 0.6) is 0 Å². The second kappa shape index (κ2) is 7.43. The van der Waals surface area contributed by atoms with Gasteiger partial charge in [0.2, 0.25) is 0 Å². The Morgan fingerprint density at radius 1 is 1.19 bits per heavy atom. The predicted molar refractivity (Wildman–Crippen MR) is 72.7 cm³/mol. The summed E-state index contributed by atoms with van der Waals surface area (Å²) in [6.45, 7) is 12.5. The maximum Gasteiger partial charge on any atom is 0.162 e. The number of rotatable bonds is 6. The Bertz CT molecular complexity index is 176. The molecule has 0 aromatic rings. The van der Waals surface area contributed by atoms with Crippen molar-refractivity contribution in [1.29, 1.82) is 0 Å². The molecule has 0 radical (unpaired) electrons. The summed E-state index contributed by atoms with van der Waals surface area (Å²) in [7, 11) is -0.272. The van der Waals surface area contributed by atoms with Crippen molar-refractivity contribution in [2.45, 2.75) is 45.3 Å². The fraction of sp³-hybridized carbons (Fsp3) is 1.00. The molecule has 1 saturated heterocycles. The van der Waals surface area contributed by atoms with Crippen LogP contribution in [0.2, 0.25) is 6.04 Å². The van der Waals surface area contributed by atoms with Crippen LogP contribution in [0.4, 0.5) is 0 Å². The largest absolute Gasteiger partial charge is 0.419 e. The maximum atomic E-state index is 5.84. The van der Waals surface area contributed by atoms with Crippen LogP contribution < -0.4 is 5.32 Å². The van der Waals surface area contributed by atoms with Crippen LogP contribution in [0.1, 0.15) is 33.6 Å². The topological polar surface area (TPSA) is 24.5 Å². The lowest BCUT2D eigenvalue weighted by Gasteiger charge is -2.27. The number of nitrogens with one attached hydrogen (secondary N) is 1. The van der Waals surface area contributed by atoms with E-state index >= 15 is 0 Å². The van der Waals surface area contributed by atoms with Gasteiger partial charge in [-0.2, -0.15) is 0 Å². The maximum absolute atomic E-state index is 5.84. The number of piperazine rings is 1. The summed E-state index contributed by atoms with van der Waals surface area (Å²) in [5.41, 5.74) is 0.0881. The molecule has 1 aliphatic rings. The Kier molecular flexibility index (Phi) is 6.57. The van der Waals surface area contributed by atoms with E-state index in [1.165, 1.54) is 51.6 Å². The molecule has 0 saturated carbocycles. The van der Waals surface area contributed by atoms with Crippen molar-refractivity contribution >= 4 is 9.76 Å². The van der Waals surface area contributed by atoms with Crippen LogP contribution in [0.25, 0.3) is 0 Å². The fourth-order valence-corrected chi connectivity index (χ4v) is 3.24. The third-order valence-corrected chi connectivity index (χ3v) is 4.72. The molecule has 1 fully saturated rings. The molecule has 1 heterocycles. The Morgan fingerprint density at radius 2 is 1.88 bits per heavy atom. The fourth-order valence-electron chi connectivity index (χ4n) is 1.93. The van der Waals surface area contributed by atoms with Gasteiger partial charge in [-0.25, -0.2) is 0 Å².